The highest BCUT2D eigenvalue weighted by Gasteiger charge is 2.13. The second-order valence-corrected chi connectivity index (χ2v) is 3.90. The van der Waals surface area contributed by atoms with Crippen molar-refractivity contribution < 1.29 is 4.74 Å². The van der Waals surface area contributed by atoms with Crippen molar-refractivity contribution in [1.29, 1.82) is 0 Å². The normalized spacial score (nSPS) is 21.2. The number of rotatable bonds is 3. The molecule has 82 valence electrons. The van der Waals surface area contributed by atoms with Crippen molar-refractivity contribution >= 4 is 0 Å². The van der Waals surface area contributed by atoms with Crippen molar-refractivity contribution in [3.63, 3.8) is 0 Å². The summed E-state index contributed by atoms with van der Waals surface area (Å²) in [7, 11) is 0. The summed E-state index contributed by atoms with van der Waals surface area (Å²) in [6, 6.07) is 1.48. The Morgan fingerprint density at radius 2 is 2.47 bits per heavy atom. The van der Waals surface area contributed by atoms with Crippen LogP contribution in [0.3, 0.4) is 0 Å². The van der Waals surface area contributed by atoms with E-state index in [0.717, 1.165) is 13.1 Å². The molecule has 1 fully saturated rings. The summed E-state index contributed by atoms with van der Waals surface area (Å²) in [5, 5.41) is 3.32. The van der Waals surface area contributed by atoms with Crippen LogP contribution in [0.15, 0.2) is 23.3 Å². The summed E-state index contributed by atoms with van der Waals surface area (Å²) >= 11 is 0. The fourth-order valence-electron chi connectivity index (χ4n) is 1.79. The zero-order valence-electron chi connectivity index (χ0n) is 8.66. The van der Waals surface area contributed by atoms with Gasteiger partial charge in [0.15, 0.2) is 5.75 Å². The fraction of sp³-hybridized carbons (Fsp3) is 0.545. The standard InChI is InChI=1S/C11H16N2O2/c14-10-3-5-13-7-11(10)15-8-9-2-1-4-12-6-9/h3,5,7,9,12H,1-2,4,6,8H2,(H,13,14). The van der Waals surface area contributed by atoms with Crippen LogP contribution in [0, 0.1) is 5.92 Å². The van der Waals surface area contributed by atoms with Crippen LogP contribution in [0.2, 0.25) is 0 Å². The molecular weight excluding hydrogens is 192 g/mol. The first-order valence-corrected chi connectivity index (χ1v) is 5.37. The third-order valence-corrected chi connectivity index (χ3v) is 2.66. The molecule has 0 spiro atoms. The SMILES string of the molecule is O=c1cc[nH]cc1OCC1CCCNC1. The van der Waals surface area contributed by atoms with E-state index in [1.165, 1.54) is 18.9 Å². The molecule has 2 heterocycles. The second-order valence-electron chi connectivity index (χ2n) is 3.90. The second kappa shape index (κ2) is 4.98. The molecule has 1 aromatic heterocycles. The summed E-state index contributed by atoms with van der Waals surface area (Å²) in [4.78, 5) is 14.2. The summed E-state index contributed by atoms with van der Waals surface area (Å²) in [5.74, 6) is 0.946. The smallest absolute Gasteiger partial charge is 0.223 e. The van der Waals surface area contributed by atoms with Gasteiger partial charge in [0.1, 0.15) is 0 Å². The number of aromatic amines is 1. The minimum atomic E-state index is -0.0579. The van der Waals surface area contributed by atoms with Crippen molar-refractivity contribution in [1.82, 2.24) is 10.3 Å². The Hall–Kier alpha value is -1.29. The molecule has 0 aromatic carbocycles. The monoisotopic (exact) mass is 208 g/mol. The van der Waals surface area contributed by atoms with Crippen LogP contribution in [-0.2, 0) is 0 Å². The molecule has 1 aromatic rings. The van der Waals surface area contributed by atoms with Crippen molar-refractivity contribution in [2.75, 3.05) is 19.7 Å². The maximum Gasteiger partial charge on any atom is 0.223 e. The molecule has 4 heteroatoms. The van der Waals surface area contributed by atoms with E-state index in [0.29, 0.717) is 18.3 Å². The van der Waals surface area contributed by atoms with E-state index in [4.69, 9.17) is 4.74 Å². The summed E-state index contributed by atoms with van der Waals surface area (Å²) in [5.41, 5.74) is -0.0579. The van der Waals surface area contributed by atoms with Gasteiger partial charge in [-0.1, -0.05) is 0 Å². The Balaban J connectivity index is 1.87. The summed E-state index contributed by atoms with van der Waals surface area (Å²) < 4.78 is 5.49. The van der Waals surface area contributed by atoms with E-state index < -0.39 is 0 Å². The van der Waals surface area contributed by atoms with Crippen LogP contribution in [0.5, 0.6) is 5.75 Å². The Morgan fingerprint density at radius 3 is 3.20 bits per heavy atom. The quantitative estimate of drug-likeness (QED) is 0.770. The number of ether oxygens (including phenoxy) is 1. The van der Waals surface area contributed by atoms with Gasteiger partial charge in [0, 0.05) is 30.9 Å². The Labute approximate surface area is 88.7 Å². The van der Waals surface area contributed by atoms with Crippen molar-refractivity contribution in [3.8, 4) is 5.75 Å². The molecule has 1 atom stereocenters. The summed E-state index contributed by atoms with van der Waals surface area (Å²) in [6.07, 6.45) is 5.59. The molecule has 0 aliphatic carbocycles. The van der Waals surface area contributed by atoms with Gasteiger partial charge in [-0.15, -0.1) is 0 Å². The Morgan fingerprint density at radius 1 is 1.53 bits per heavy atom. The molecule has 1 aliphatic rings. The summed E-state index contributed by atoms with van der Waals surface area (Å²) in [6.45, 7) is 2.72. The molecule has 1 unspecified atom stereocenters. The largest absolute Gasteiger partial charge is 0.488 e. The molecule has 1 saturated heterocycles. The number of nitrogens with one attached hydrogen (secondary N) is 2. The number of H-pyrrole nitrogens is 1. The lowest BCUT2D eigenvalue weighted by Gasteiger charge is -2.22. The zero-order valence-corrected chi connectivity index (χ0v) is 8.66. The van der Waals surface area contributed by atoms with E-state index in [9.17, 15) is 4.79 Å². The number of piperidine rings is 1. The lowest BCUT2D eigenvalue weighted by molar-refractivity contribution is 0.216. The third-order valence-electron chi connectivity index (χ3n) is 2.66. The van der Waals surface area contributed by atoms with Gasteiger partial charge in [0.2, 0.25) is 5.43 Å². The first kappa shape index (κ1) is 10.2. The maximum absolute atomic E-state index is 11.3. The molecule has 4 nitrogen and oxygen atoms in total. The van der Waals surface area contributed by atoms with Crippen LogP contribution in [-0.4, -0.2) is 24.7 Å². The van der Waals surface area contributed by atoms with Crippen molar-refractivity contribution in [2.45, 2.75) is 12.8 Å². The minimum absolute atomic E-state index is 0.0579. The first-order chi connectivity index (χ1) is 7.36. The Bertz CT molecular complexity index is 356. The highest BCUT2D eigenvalue weighted by molar-refractivity contribution is 5.15. The fourth-order valence-corrected chi connectivity index (χ4v) is 1.79. The van der Waals surface area contributed by atoms with E-state index in [1.807, 2.05) is 0 Å². The number of hydrogen-bond donors (Lipinski definition) is 2. The molecule has 0 bridgehead atoms. The average Bonchev–Trinajstić information content (AvgIpc) is 2.29. The number of pyridine rings is 1. The molecule has 2 N–H and O–H groups in total. The van der Waals surface area contributed by atoms with Crippen LogP contribution in [0.1, 0.15) is 12.8 Å². The average molecular weight is 208 g/mol. The Kier molecular flexibility index (Phi) is 3.40. The van der Waals surface area contributed by atoms with Gasteiger partial charge in [-0.25, -0.2) is 0 Å². The van der Waals surface area contributed by atoms with Crippen LogP contribution in [0.25, 0.3) is 0 Å². The minimum Gasteiger partial charge on any atom is -0.488 e. The number of hydrogen-bond acceptors (Lipinski definition) is 3. The van der Waals surface area contributed by atoms with Gasteiger partial charge in [-0.2, -0.15) is 0 Å². The van der Waals surface area contributed by atoms with Crippen molar-refractivity contribution in [2.24, 2.45) is 5.92 Å². The van der Waals surface area contributed by atoms with Gasteiger partial charge >= 0.3 is 0 Å². The van der Waals surface area contributed by atoms with Gasteiger partial charge in [0.05, 0.1) is 6.61 Å². The molecule has 0 saturated carbocycles. The van der Waals surface area contributed by atoms with Crippen LogP contribution >= 0.6 is 0 Å². The van der Waals surface area contributed by atoms with Gasteiger partial charge in [0.25, 0.3) is 0 Å². The van der Waals surface area contributed by atoms with Gasteiger partial charge in [-0.05, 0) is 19.4 Å². The molecule has 0 amide bonds. The van der Waals surface area contributed by atoms with Crippen LogP contribution in [0.4, 0.5) is 0 Å². The number of aromatic nitrogens is 1. The molecule has 1 aliphatic heterocycles. The van der Waals surface area contributed by atoms with Gasteiger partial charge < -0.3 is 15.0 Å². The molecule has 0 radical (unpaired) electrons. The molecule has 2 rings (SSSR count). The maximum atomic E-state index is 11.3. The van der Waals surface area contributed by atoms with E-state index >= 15 is 0 Å². The topological polar surface area (TPSA) is 54.1 Å². The van der Waals surface area contributed by atoms with E-state index in [1.54, 1.807) is 12.4 Å². The lowest BCUT2D eigenvalue weighted by Crippen LogP contribution is -2.33. The molecule has 15 heavy (non-hydrogen) atoms. The highest BCUT2D eigenvalue weighted by atomic mass is 16.5. The van der Waals surface area contributed by atoms with E-state index in [-0.39, 0.29) is 5.43 Å². The third kappa shape index (κ3) is 2.83. The predicted molar refractivity (Wildman–Crippen MR) is 58.2 cm³/mol. The first-order valence-electron chi connectivity index (χ1n) is 5.37. The van der Waals surface area contributed by atoms with Crippen LogP contribution < -0.4 is 15.5 Å². The zero-order chi connectivity index (χ0) is 10.5. The van der Waals surface area contributed by atoms with Crippen molar-refractivity contribution in [3.05, 3.63) is 28.7 Å². The molecular formula is C11H16N2O2. The predicted octanol–water partition coefficient (Wildman–Crippen LogP) is 0.753. The van der Waals surface area contributed by atoms with Gasteiger partial charge in [-0.3, -0.25) is 4.79 Å². The van der Waals surface area contributed by atoms with E-state index in [2.05, 4.69) is 10.3 Å². The highest BCUT2D eigenvalue weighted by Crippen LogP contribution is 2.11. The lowest BCUT2D eigenvalue weighted by atomic mass is 10.0.